The van der Waals surface area contributed by atoms with E-state index in [0.29, 0.717) is 17.9 Å². The van der Waals surface area contributed by atoms with Gasteiger partial charge in [0, 0.05) is 31.0 Å². The molecular weight excluding hydrogens is 525 g/mol. The Balaban J connectivity index is 1.72. The highest BCUT2D eigenvalue weighted by Gasteiger charge is 2.51. The van der Waals surface area contributed by atoms with E-state index in [4.69, 9.17) is 0 Å². The zero-order chi connectivity index (χ0) is 29.7. The normalized spacial score (nSPS) is 26.8. The topological polar surface area (TPSA) is 6.48 Å². The first kappa shape index (κ1) is 30.2. The van der Waals surface area contributed by atoms with E-state index < -0.39 is 8.07 Å². The molecule has 0 radical (unpaired) electrons. The highest BCUT2D eigenvalue weighted by molar-refractivity contribution is 7.04. The zero-order valence-corrected chi connectivity index (χ0v) is 27.5. The van der Waals surface area contributed by atoms with Crippen LogP contribution in [0.3, 0.4) is 0 Å². The Bertz CT molecular complexity index is 1410. The second-order valence-corrected chi connectivity index (χ2v) is 17.0. The van der Waals surface area contributed by atoms with Gasteiger partial charge in [-0.2, -0.15) is 0 Å². The molecule has 42 heavy (non-hydrogen) atoms. The van der Waals surface area contributed by atoms with Gasteiger partial charge in [-0.05, 0) is 85.5 Å². The molecule has 2 aliphatic heterocycles. The van der Waals surface area contributed by atoms with Crippen molar-refractivity contribution in [2.75, 3.05) is 18.5 Å². The summed E-state index contributed by atoms with van der Waals surface area (Å²) in [6, 6.07) is 9.58. The van der Waals surface area contributed by atoms with Gasteiger partial charge >= 0.3 is 0 Å². The second kappa shape index (κ2) is 13.3. The molecule has 4 aliphatic rings. The molecule has 0 bridgehead atoms. The quantitative estimate of drug-likeness (QED) is 0.246. The van der Waals surface area contributed by atoms with Crippen molar-refractivity contribution in [3.8, 4) is 0 Å². The van der Waals surface area contributed by atoms with Crippen molar-refractivity contribution in [2.45, 2.75) is 72.3 Å². The SMILES string of the molecule is C=CC=CC=C(C)[Si]1(C2=CC=CC(C)C2)C(C(C)C)=CN(C)C2=C1CC(N1CC=CC=CCc3ccccc31)CCC2. The third-order valence-electron chi connectivity index (χ3n) is 9.72. The molecule has 0 N–H and O–H groups in total. The first-order chi connectivity index (χ1) is 20.4. The molecule has 5 rings (SSSR count). The van der Waals surface area contributed by atoms with Crippen LogP contribution in [-0.2, 0) is 6.42 Å². The van der Waals surface area contributed by atoms with E-state index in [-0.39, 0.29) is 0 Å². The van der Waals surface area contributed by atoms with Crippen LogP contribution in [0.15, 0.2) is 130 Å². The molecule has 2 heterocycles. The molecule has 1 aromatic rings. The van der Waals surface area contributed by atoms with Crippen LogP contribution in [0.5, 0.6) is 0 Å². The van der Waals surface area contributed by atoms with Gasteiger partial charge in [0.2, 0.25) is 0 Å². The van der Waals surface area contributed by atoms with Gasteiger partial charge in [0.25, 0.3) is 0 Å². The molecule has 0 spiro atoms. The Morgan fingerprint density at radius 3 is 2.67 bits per heavy atom. The summed E-state index contributed by atoms with van der Waals surface area (Å²) in [6.45, 7) is 14.6. The Morgan fingerprint density at radius 2 is 1.88 bits per heavy atom. The molecule has 1 aromatic carbocycles. The molecule has 0 saturated heterocycles. The Labute approximate surface area is 256 Å². The molecule has 2 aliphatic carbocycles. The van der Waals surface area contributed by atoms with E-state index in [1.807, 2.05) is 6.08 Å². The Hall–Kier alpha value is -3.30. The number of hydrogen-bond acceptors (Lipinski definition) is 2. The summed E-state index contributed by atoms with van der Waals surface area (Å²) in [4.78, 5) is 5.26. The van der Waals surface area contributed by atoms with Gasteiger partial charge in [-0.15, -0.1) is 0 Å². The molecule has 0 aromatic heterocycles. The maximum Gasteiger partial charge on any atom is 0.166 e. The maximum absolute atomic E-state index is 3.95. The van der Waals surface area contributed by atoms with Crippen LogP contribution in [0.1, 0.15) is 65.4 Å². The minimum atomic E-state index is -2.41. The average Bonchev–Trinajstić information content (AvgIpc) is 3.14. The number of fused-ring (bicyclic) bond motifs is 1. The van der Waals surface area contributed by atoms with Crippen molar-refractivity contribution in [2.24, 2.45) is 11.8 Å². The third-order valence-corrected chi connectivity index (χ3v) is 15.4. The number of para-hydroxylation sites is 1. The second-order valence-electron chi connectivity index (χ2n) is 12.8. The summed E-state index contributed by atoms with van der Waals surface area (Å²) in [5.41, 5.74) is 4.43. The van der Waals surface area contributed by atoms with E-state index in [9.17, 15) is 0 Å². The van der Waals surface area contributed by atoms with E-state index >= 15 is 0 Å². The number of allylic oxidation sites excluding steroid dienone is 14. The first-order valence-corrected chi connectivity index (χ1v) is 18.1. The molecule has 2 nitrogen and oxygen atoms in total. The van der Waals surface area contributed by atoms with Crippen LogP contribution >= 0.6 is 0 Å². The Kier molecular flexibility index (Phi) is 9.58. The van der Waals surface area contributed by atoms with Crippen LogP contribution in [-0.4, -0.2) is 32.6 Å². The van der Waals surface area contributed by atoms with Gasteiger partial charge < -0.3 is 9.80 Å². The van der Waals surface area contributed by atoms with Gasteiger partial charge in [-0.1, -0.05) is 123 Å². The minimum Gasteiger partial charge on any atom is -0.364 e. The van der Waals surface area contributed by atoms with Crippen molar-refractivity contribution < 1.29 is 0 Å². The van der Waals surface area contributed by atoms with Crippen LogP contribution in [0, 0.1) is 11.8 Å². The number of anilines is 1. The lowest BCUT2D eigenvalue weighted by molar-refractivity contribution is 0.510. The zero-order valence-electron chi connectivity index (χ0n) is 26.5. The predicted octanol–water partition coefficient (Wildman–Crippen LogP) is 9.66. The molecule has 0 fully saturated rings. The summed E-state index contributed by atoms with van der Waals surface area (Å²) in [5.74, 6) is 1.04. The largest absolute Gasteiger partial charge is 0.364 e. The smallest absolute Gasteiger partial charge is 0.166 e. The van der Waals surface area contributed by atoms with Gasteiger partial charge in [0.05, 0.1) is 0 Å². The van der Waals surface area contributed by atoms with Gasteiger partial charge in [0.15, 0.2) is 8.07 Å². The molecular formula is C39H50N2Si. The van der Waals surface area contributed by atoms with Crippen molar-refractivity contribution in [1.29, 1.82) is 0 Å². The number of rotatable bonds is 6. The standard InChI is InChI=1S/C39H50N2Si/c1-7-8-11-19-32(5)42(35-23-16-18-31(4)27-35)38-28-34(22-17-25-37(38)40(6)29-39(42)30(2)3)41-26-15-10-9-12-20-33-21-13-14-24-36(33)41/h7-16,18-19,21,23-24,29-31,34H,1,17,20,22,25-28H2,2-6H3. The maximum atomic E-state index is 3.95. The van der Waals surface area contributed by atoms with Gasteiger partial charge in [-0.3, -0.25) is 0 Å². The monoisotopic (exact) mass is 574 g/mol. The van der Waals surface area contributed by atoms with Crippen molar-refractivity contribution in [3.05, 3.63) is 136 Å². The average molecular weight is 575 g/mol. The summed E-state index contributed by atoms with van der Waals surface area (Å²) < 4.78 is 0. The van der Waals surface area contributed by atoms with Crippen LogP contribution in [0.4, 0.5) is 5.69 Å². The third kappa shape index (κ3) is 5.81. The highest BCUT2D eigenvalue weighted by Crippen LogP contribution is 2.51. The molecule has 3 heteroatoms. The predicted molar refractivity (Wildman–Crippen MR) is 186 cm³/mol. The number of nitrogens with zero attached hydrogens (tertiary/aromatic N) is 2. The van der Waals surface area contributed by atoms with Crippen molar-refractivity contribution in [1.82, 2.24) is 4.90 Å². The van der Waals surface area contributed by atoms with E-state index in [0.717, 1.165) is 32.2 Å². The van der Waals surface area contributed by atoms with Crippen molar-refractivity contribution in [3.63, 3.8) is 0 Å². The minimum absolute atomic E-state index is 0.460. The highest BCUT2D eigenvalue weighted by atomic mass is 28.3. The first-order valence-electron chi connectivity index (χ1n) is 16.1. The van der Waals surface area contributed by atoms with Crippen LogP contribution < -0.4 is 4.90 Å². The van der Waals surface area contributed by atoms with E-state index in [1.165, 1.54) is 24.1 Å². The lowest BCUT2D eigenvalue weighted by atomic mass is 10.0. The lowest BCUT2D eigenvalue weighted by Gasteiger charge is -2.49. The number of benzene rings is 1. The van der Waals surface area contributed by atoms with Crippen LogP contribution in [0.25, 0.3) is 0 Å². The van der Waals surface area contributed by atoms with Gasteiger partial charge in [0.1, 0.15) is 0 Å². The lowest BCUT2D eigenvalue weighted by Crippen LogP contribution is -2.52. The van der Waals surface area contributed by atoms with E-state index in [1.54, 1.807) is 26.5 Å². The fourth-order valence-electron chi connectivity index (χ4n) is 7.83. The molecule has 3 atom stereocenters. The fraction of sp³-hybridized carbons (Fsp3) is 0.385. The molecule has 3 unspecified atom stereocenters. The molecule has 220 valence electrons. The summed E-state index contributed by atoms with van der Waals surface area (Å²) >= 11 is 0. The summed E-state index contributed by atoms with van der Waals surface area (Å²) in [6.07, 6.45) is 34.4. The van der Waals surface area contributed by atoms with Crippen molar-refractivity contribution >= 4 is 13.8 Å². The molecule has 0 saturated carbocycles. The van der Waals surface area contributed by atoms with Crippen LogP contribution in [0.2, 0.25) is 0 Å². The Morgan fingerprint density at radius 1 is 1.07 bits per heavy atom. The summed E-state index contributed by atoms with van der Waals surface area (Å²) in [7, 11) is -0.0935. The number of hydrogen-bond donors (Lipinski definition) is 0. The van der Waals surface area contributed by atoms with E-state index in [2.05, 4.69) is 142 Å². The van der Waals surface area contributed by atoms with Gasteiger partial charge in [-0.25, -0.2) is 0 Å². The summed E-state index contributed by atoms with van der Waals surface area (Å²) in [5, 5.41) is 6.67. The molecule has 0 amide bonds. The fourth-order valence-corrected chi connectivity index (χ4v) is 14.2.